The van der Waals surface area contributed by atoms with Crippen molar-refractivity contribution in [3.05, 3.63) is 59.7 Å². The summed E-state index contributed by atoms with van der Waals surface area (Å²) in [4.78, 5) is 14.8. The zero-order valence-corrected chi connectivity index (χ0v) is 18.3. The summed E-state index contributed by atoms with van der Waals surface area (Å²) in [5.41, 5.74) is 1.17. The van der Waals surface area contributed by atoms with Crippen LogP contribution in [0.1, 0.15) is 38.2 Å². The van der Waals surface area contributed by atoms with Gasteiger partial charge in [0.1, 0.15) is 11.6 Å². The summed E-state index contributed by atoms with van der Waals surface area (Å²) in [7, 11) is -3.35. The van der Waals surface area contributed by atoms with Crippen molar-refractivity contribution in [1.82, 2.24) is 9.62 Å². The van der Waals surface area contributed by atoms with Crippen molar-refractivity contribution >= 4 is 15.9 Å². The number of amides is 1. The van der Waals surface area contributed by atoms with Gasteiger partial charge in [0.25, 0.3) is 0 Å². The summed E-state index contributed by atoms with van der Waals surface area (Å²) < 4.78 is 55.1. The molecule has 2 aliphatic rings. The molecule has 31 heavy (non-hydrogen) atoms. The SMILES string of the molecule is CCS(=O)(=O)NC(C)C1CCN1C(=O)[C@@H]1C[C@H]1c1ccccc1-c1c(F)cccc1F. The smallest absolute Gasteiger partial charge is 0.226 e. The molecule has 2 unspecified atom stereocenters. The van der Waals surface area contributed by atoms with E-state index >= 15 is 0 Å². The number of benzene rings is 2. The van der Waals surface area contributed by atoms with Crippen LogP contribution in [0, 0.1) is 17.6 Å². The van der Waals surface area contributed by atoms with E-state index in [0.29, 0.717) is 18.5 Å². The first-order chi connectivity index (χ1) is 14.7. The fourth-order valence-electron chi connectivity index (χ4n) is 4.47. The number of likely N-dealkylation sites (tertiary alicyclic amines) is 1. The molecule has 1 saturated carbocycles. The van der Waals surface area contributed by atoms with Gasteiger partial charge in [-0.25, -0.2) is 21.9 Å². The zero-order valence-electron chi connectivity index (χ0n) is 17.5. The highest BCUT2D eigenvalue weighted by molar-refractivity contribution is 7.89. The molecule has 4 atom stereocenters. The van der Waals surface area contributed by atoms with Gasteiger partial charge in [0, 0.05) is 24.5 Å². The van der Waals surface area contributed by atoms with E-state index in [1.807, 2.05) is 12.1 Å². The van der Waals surface area contributed by atoms with E-state index in [2.05, 4.69) is 4.72 Å². The Hall–Kier alpha value is -2.32. The van der Waals surface area contributed by atoms with Gasteiger partial charge < -0.3 is 4.90 Å². The molecule has 2 fully saturated rings. The van der Waals surface area contributed by atoms with Gasteiger partial charge >= 0.3 is 0 Å². The van der Waals surface area contributed by atoms with Crippen LogP contribution >= 0.6 is 0 Å². The normalized spacial score (nSPS) is 23.9. The highest BCUT2D eigenvalue weighted by Crippen LogP contribution is 2.52. The summed E-state index contributed by atoms with van der Waals surface area (Å²) in [6.07, 6.45) is 1.36. The minimum absolute atomic E-state index is 0.00784. The largest absolute Gasteiger partial charge is 0.338 e. The molecule has 0 aromatic heterocycles. The van der Waals surface area contributed by atoms with Crippen molar-refractivity contribution in [3.63, 3.8) is 0 Å². The third kappa shape index (κ3) is 4.23. The number of nitrogens with zero attached hydrogens (tertiary/aromatic N) is 1. The Morgan fingerprint density at radius 1 is 1.16 bits per heavy atom. The van der Waals surface area contributed by atoms with Gasteiger partial charge in [0.2, 0.25) is 15.9 Å². The summed E-state index contributed by atoms with van der Waals surface area (Å²) in [6.45, 7) is 3.94. The van der Waals surface area contributed by atoms with Crippen LogP contribution in [0.4, 0.5) is 8.78 Å². The maximum Gasteiger partial charge on any atom is 0.226 e. The molecule has 1 N–H and O–H groups in total. The van der Waals surface area contributed by atoms with Crippen LogP contribution in [0.5, 0.6) is 0 Å². The molecular weight excluding hydrogens is 422 g/mol. The van der Waals surface area contributed by atoms with Crippen LogP contribution in [-0.2, 0) is 14.8 Å². The maximum atomic E-state index is 14.4. The molecule has 1 aliphatic carbocycles. The van der Waals surface area contributed by atoms with E-state index in [4.69, 9.17) is 0 Å². The molecular formula is C23H26F2N2O3S. The van der Waals surface area contributed by atoms with E-state index in [1.165, 1.54) is 18.2 Å². The Morgan fingerprint density at radius 2 is 1.84 bits per heavy atom. The van der Waals surface area contributed by atoms with Crippen molar-refractivity contribution in [1.29, 1.82) is 0 Å². The van der Waals surface area contributed by atoms with Crippen molar-refractivity contribution < 1.29 is 22.0 Å². The predicted octanol–water partition coefficient (Wildman–Crippen LogP) is 3.66. The second-order valence-electron chi connectivity index (χ2n) is 8.33. The second-order valence-corrected chi connectivity index (χ2v) is 10.4. The summed E-state index contributed by atoms with van der Waals surface area (Å²) >= 11 is 0. The molecule has 1 aliphatic heterocycles. The fourth-order valence-corrected chi connectivity index (χ4v) is 5.36. The number of nitrogens with one attached hydrogen (secondary N) is 1. The Labute approximate surface area is 181 Å². The molecule has 166 valence electrons. The molecule has 8 heteroatoms. The van der Waals surface area contributed by atoms with Gasteiger partial charge in [-0.1, -0.05) is 30.3 Å². The first-order valence-corrected chi connectivity index (χ1v) is 12.2. The van der Waals surface area contributed by atoms with Crippen molar-refractivity contribution in [2.75, 3.05) is 12.3 Å². The molecule has 2 aromatic rings. The maximum absolute atomic E-state index is 14.4. The Bertz CT molecular complexity index is 1090. The molecule has 0 spiro atoms. The number of hydrogen-bond acceptors (Lipinski definition) is 3. The topological polar surface area (TPSA) is 66.5 Å². The third-order valence-electron chi connectivity index (χ3n) is 6.37. The van der Waals surface area contributed by atoms with E-state index < -0.39 is 21.7 Å². The molecule has 1 saturated heterocycles. The first kappa shape index (κ1) is 21.9. The van der Waals surface area contributed by atoms with E-state index in [9.17, 15) is 22.0 Å². The summed E-state index contributed by atoms with van der Waals surface area (Å²) in [5.74, 6) is -1.65. The zero-order chi connectivity index (χ0) is 22.3. The number of hydrogen-bond donors (Lipinski definition) is 1. The lowest BCUT2D eigenvalue weighted by molar-refractivity contribution is -0.141. The number of rotatable bonds is 7. The molecule has 0 bridgehead atoms. The highest BCUT2D eigenvalue weighted by Gasteiger charge is 2.50. The fraction of sp³-hybridized carbons (Fsp3) is 0.435. The minimum atomic E-state index is -3.35. The second kappa shape index (κ2) is 8.31. The van der Waals surface area contributed by atoms with Crippen LogP contribution in [0.25, 0.3) is 11.1 Å². The summed E-state index contributed by atoms with van der Waals surface area (Å²) in [6, 6.07) is 10.3. The lowest BCUT2D eigenvalue weighted by Gasteiger charge is -2.44. The van der Waals surface area contributed by atoms with Crippen LogP contribution in [0.2, 0.25) is 0 Å². The van der Waals surface area contributed by atoms with Crippen molar-refractivity contribution in [2.24, 2.45) is 5.92 Å². The molecule has 5 nitrogen and oxygen atoms in total. The van der Waals surface area contributed by atoms with Gasteiger partial charge in [0.15, 0.2) is 0 Å². The number of carbonyl (C=O) groups excluding carboxylic acids is 1. The predicted molar refractivity (Wildman–Crippen MR) is 115 cm³/mol. The quantitative estimate of drug-likeness (QED) is 0.703. The highest BCUT2D eigenvalue weighted by atomic mass is 32.2. The van der Waals surface area contributed by atoms with Gasteiger partial charge in [-0.15, -0.1) is 0 Å². The molecule has 1 amide bonds. The van der Waals surface area contributed by atoms with Crippen molar-refractivity contribution in [2.45, 2.75) is 44.7 Å². The van der Waals surface area contributed by atoms with Gasteiger partial charge in [-0.2, -0.15) is 0 Å². The summed E-state index contributed by atoms with van der Waals surface area (Å²) in [5, 5.41) is 0. The van der Waals surface area contributed by atoms with Gasteiger partial charge in [-0.3, -0.25) is 4.79 Å². The van der Waals surface area contributed by atoms with Crippen LogP contribution in [0.15, 0.2) is 42.5 Å². The van der Waals surface area contributed by atoms with Crippen LogP contribution in [-0.4, -0.2) is 43.6 Å². The first-order valence-electron chi connectivity index (χ1n) is 10.6. The van der Waals surface area contributed by atoms with E-state index in [0.717, 1.165) is 12.0 Å². The van der Waals surface area contributed by atoms with Gasteiger partial charge in [-0.05, 0) is 55.9 Å². The van der Waals surface area contributed by atoms with Crippen LogP contribution in [0.3, 0.4) is 0 Å². The number of halogens is 2. The lowest BCUT2D eigenvalue weighted by atomic mass is 9.93. The molecule has 2 aromatic carbocycles. The van der Waals surface area contributed by atoms with Crippen LogP contribution < -0.4 is 4.72 Å². The Balaban J connectivity index is 1.51. The number of carbonyl (C=O) groups is 1. The molecule has 1 heterocycles. The average Bonchev–Trinajstić information content (AvgIpc) is 3.47. The lowest BCUT2D eigenvalue weighted by Crippen LogP contribution is -2.60. The standard InChI is InChI=1S/C23H26F2N2O3S/c1-3-31(29,30)26-14(2)21-11-12-27(21)23(28)18-13-17(18)15-7-4-5-8-16(15)22-19(24)9-6-10-20(22)25/h4-10,14,17-18,21,26H,3,11-13H2,1-2H3/t14?,17-,18+,21?/m0/s1. The third-order valence-corrected chi connectivity index (χ3v) is 7.86. The monoisotopic (exact) mass is 448 g/mol. The Morgan fingerprint density at radius 3 is 2.45 bits per heavy atom. The molecule has 4 rings (SSSR count). The minimum Gasteiger partial charge on any atom is -0.338 e. The van der Waals surface area contributed by atoms with Gasteiger partial charge in [0.05, 0.1) is 11.3 Å². The molecule has 0 radical (unpaired) electrons. The number of sulfonamides is 1. The van der Waals surface area contributed by atoms with E-state index in [1.54, 1.807) is 30.9 Å². The Kier molecular flexibility index (Phi) is 5.87. The van der Waals surface area contributed by atoms with Crippen molar-refractivity contribution in [3.8, 4) is 11.1 Å². The average molecular weight is 449 g/mol. The van der Waals surface area contributed by atoms with E-state index in [-0.39, 0.29) is 41.1 Å².